The Hall–Kier alpha value is -8.14. The number of fused-ring (bicyclic) bond motifs is 19. The van der Waals surface area contributed by atoms with Crippen molar-refractivity contribution in [2.24, 2.45) is 9.98 Å². The molecule has 0 amide bonds. The lowest BCUT2D eigenvalue weighted by molar-refractivity contribution is 0.633. The van der Waals surface area contributed by atoms with Crippen LogP contribution >= 0.6 is 0 Å². The summed E-state index contributed by atoms with van der Waals surface area (Å²) in [5.74, 6) is 1.67. The van der Waals surface area contributed by atoms with Crippen molar-refractivity contribution in [3.63, 3.8) is 0 Å². The molecule has 1 atom stereocenters. The Morgan fingerprint density at radius 3 is 1.34 bits per heavy atom. The zero-order chi connectivity index (χ0) is 44.7. The predicted molar refractivity (Wildman–Crippen MR) is 276 cm³/mol. The standard InChI is InChI=1S/C62H41N3.C2H6/c1-3-19-39(20-4-1)58-63-59(40-21-5-2-6-22-40)65-60(64-58)43-35-41-23-7-8-24-44(41)49-38-57-56(37-42(49)36-43)61(50-29-13-9-25-45(50)46-26-10-14-30-51(46)61)54-33-17-18-34-55(54)62(57)52-31-15-11-27-47(52)48-28-12-16-32-53(48)62;1-2/h1-34,36-38,58H,35H2,(H,63,64,65);1-2H3. The smallest absolute Gasteiger partial charge is 0.169 e. The second-order valence-electron chi connectivity index (χ2n) is 17.9. The molecule has 0 aromatic heterocycles. The van der Waals surface area contributed by atoms with Gasteiger partial charge in [-0.25, -0.2) is 9.98 Å². The minimum atomic E-state index is -0.585. The molecule has 4 aliphatic carbocycles. The number of hydrogen-bond acceptors (Lipinski definition) is 3. The van der Waals surface area contributed by atoms with Gasteiger partial charge in [0.25, 0.3) is 0 Å². The molecular weight excluding hydrogens is 811 g/mol. The van der Waals surface area contributed by atoms with Crippen molar-refractivity contribution in [3.05, 3.63) is 291 Å². The first kappa shape index (κ1) is 39.2. The first-order valence-corrected chi connectivity index (χ1v) is 23.7. The second kappa shape index (κ2) is 15.2. The number of rotatable bonds is 3. The molecule has 14 rings (SSSR count). The Morgan fingerprint density at radius 2 is 0.806 bits per heavy atom. The van der Waals surface area contributed by atoms with E-state index in [2.05, 4.69) is 230 Å². The average molecular weight is 858 g/mol. The molecule has 3 heteroatoms. The first-order chi connectivity index (χ1) is 33.2. The van der Waals surface area contributed by atoms with Gasteiger partial charge in [-0.1, -0.05) is 220 Å². The van der Waals surface area contributed by atoms with E-state index in [4.69, 9.17) is 9.98 Å². The van der Waals surface area contributed by atoms with E-state index in [1.54, 1.807) is 0 Å². The van der Waals surface area contributed by atoms with Crippen LogP contribution in [0.5, 0.6) is 0 Å². The second-order valence-corrected chi connectivity index (χ2v) is 17.9. The van der Waals surface area contributed by atoms with Crippen LogP contribution in [0, 0.1) is 0 Å². The van der Waals surface area contributed by atoms with Gasteiger partial charge < -0.3 is 5.32 Å². The maximum Gasteiger partial charge on any atom is 0.169 e. The summed E-state index contributed by atoms with van der Waals surface area (Å²) in [7, 11) is 0. The third-order valence-electron chi connectivity index (χ3n) is 14.8. The van der Waals surface area contributed by atoms with E-state index in [-0.39, 0.29) is 0 Å². The number of aliphatic imine (C=N–C) groups is 2. The van der Waals surface area contributed by atoms with Gasteiger partial charge in [0.1, 0.15) is 11.7 Å². The molecule has 0 bridgehead atoms. The van der Waals surface area contributed by atoms with Gasteiger partial charge in [0.05, 0.1) is 10.8 Å². The molecule has 0 saturated heterocycles. The Bertz CT molecular complexity index is 3470. The first-order valence-electron chi connectivity index (χ1n) is 23.7. The van der Waals surface area contributed by atoms with Crippen LogP contribution in [0.25, 0.3) is 39.5 Å². The topological polar surface area (TPSA) is 36.8 Å². The van der Waals surface area contributed by atoms with Crippen molar-refractivity contribution in [2.45, 2.75) is 37.3 Å². The van der Waals surface area contributed by atoms with E-state index >= 15 is 0 Å². The van der Waals surface area contributed by atoms with E-state index in [1.807, 2.05) is 13.8 Å². The molecule has 67 heavy (non-hydrogen) atoms. The molecule has 5 aliphatic rings. The molecule has 1 heterocycles. The van der Waals surface area contributed by atoms with Crippen LogP contribution in [-0.4, -0.2) is 11.7 Å². The predicted octanol–water partition coefficient (Wildman–Crippen LogP) is 14.5. The van der Waals surface area contributed by atoms with Crippen LogP contribution in [0.2, 0.25) is 0 Å². The summed E-state index contributed by atoms with van der Waals surface area (Å²) in [5.41, 5.74) is 22.9. The average Bonchev–Trinajstić information content (AvgIpc) is 3.80. The van der Waals surface area contributed by atoms with Gasteiger partial charge in [0.2, 0.25) is 0 Å². The highest BCUT2D eigenvalue weighted by molar-refractivity contribution is 6.17. The molecule has 1 unspecified atom stereocenters. The van der Waals surface area contributed by atoms with Crippen molar-refractivity contribution in [1.82, 2.24) is 5.32 Å². The molecule has 9 aromatic carbocycles. The van der Waals surface area contributed by atoms with Crippen LogP contribution < -0.4 is 5.32 Å². The highest BCUT2D eigenvalue weighted by Crippen LogP contribution is 2.68. The Kier molecular flexibility index (Phi) is 8.92. The van der Waals surface area contributed by atoms with Gasteiger partial charge >= 0.3 is 0 Å². The summed E-state index contributed by atoms with van der Waals surface area (Å²) in [4.78, 5) is 10.7. The van der Waals surface area contributed by atoms with Gasteiger partial charge in [0.15, 0.2) is 6.17 Å². The summed E-state index contributed by atoms with van der Waals surface area (Å²) >= 11 is 0. The maximum atomic E-state index is 5.44. The number of hydrogen-bond donors (Lipinski definition) is 1. The van der Waals surface area contributed by atoms with Crippen LogP contribution in [0.4, 0.5) is 0 Å². The quantitative estimate of drug-likeness (QED) is 0.189. The molecule has 0 radical (unpaired) electrons. The summed E-state index contributed by atoms with van der Waals surface area (Å²) in [6, 6.07) is 81.1. The minimum absolute atomic E-state index is 0.390. The Balaban J connectivity index is 0.00000220. The lowest BCUT2D eigenvalue weighted by Crippen LogP contribution is -2.44. The van der Waals surface area contributed by atoms with E-state index in [9.17, 15) is 0 Å². The van der Waals surface area contributed by atoms with Crippen LogP contribution in [-0.2, 0) is 17.3 Å². The van der Waals surface area contributed by atoms with Crippen molar-refractivity contribution in [2.75, 3.05) is 0 Å². The molecule has 9 aromatic rings. The van der Waals surface area contributed by atoms with E-state index < -0.39 is 17.0 Å². The molecule has 0 saturated carbocycles. The van der Waals surface area contributed by atoms with E-state index in [1.165, 1.54) is 89.0 Å². The highest BCUT2D eigenvalue weighted by Gasteiger charge is 2.59. The maximum absolute atomic E-state index is 5.44. The monoisotopic (exact) mass is 857 g/mol. The molecular formula is C64H47N3. The number of nitrogens with one attached hydrogen (secondary N) is 1. The van der Waals surface area contributed by atoms with E-state index in [0.29, 0.717) is 6.42 Å². The van der Waals surface area contributed by atoms with Crippen LogP contribution in [0.1, 0.15) is 86.8 Å². The summed E-state index contributed by atoms with van der Waals surface area (Å²) in [6.45, 7) is 4.00. The Labute approximate surface area is 392 Å². The van der Waals surface area contributed by atoms with Crippen molar-refractivity contribution in [1.29, 1.82) is 0 Å². The molecule has 3 nitrogen and oxygen atoms in total. The highest BCUT2D eigenvalue weighted by atomic mass is 15.2. The summed E-state index contributed by atoms with van der Waals surface area (Å²) in [6.07, 6.45) is 2.75. The number of amidine groups is 2. The normalized spacial score (nSPS) is 16.6. The fourth-order valence-electron chi connectivity index (χ4n) is 12.3. The largest absolute Gasteiger partial charge is 0.325 e. The summed E-state index contributed by atoms with van der Waals surface area (Å²) < 4.78 is 0. The third kappa shape index (κ3) is 5.46. The molecule has 1 aliphatic heterocycles. The van der Waals surface area contributed by atoms with Gasteiger partial charge in [0, 0.05) is 12.0 Å². The van der Waals surface area contributed by atoms with Crippen molar-refractivity contribution < 1.29 is 0 Å². The van der Waals surface area contributed by atoms with Gasteiger partial charge in [-0.05, 0) is 118 Å². The molecule has 1 N–H and O–H groups in total. The number of benzene rings is 9. The van der Waals surface area contributed by atoms with Gasteiger partial charge in [-0.2, -0.15) is 0 Å². The van der Waals surface area contributed by atoms with Gasteiger partial charge in [-0.15, -0.1) is 0 Å². The lowest BCUT2D eigenvalue weighted by atomic mass is 9.52. The molecule has 2 spiro atoms. The number of nitrogens with zero attached hydrogens (tertiary/aromatic N) is 2. The molecule has 318 valence electrons. The van der Waals surface area contributed by atoms with Crippen molar-refractivity contribution in [3.8, 4) is 33.4 Å². The lowest BCUT2D eigenvalue weighted by Gasteiger charge is -2.49. The minimum Gasteiger partial charge on any atom is -0.325 e. The van der Waals surface area contributed by atoms with E-state index in [0.717, 1.165) is 28.4 Å². The fourth-order valence-corrected chi connectivity index (χ4v) is 12.3. The third-order valence-corrected chi connectivity index (χ3v) is 14.8. The fraction of sp³-hybridized carbons (Fsp3) is 0.0938. The summed E-state index contributed by atoms with van der Waals surface area (Å²) in [5, 5.41) is 3.77. The Morgan fingerprint density at radius 1 is 0.388 bits per heavy atom. The SMILES string of the molecule is C1=C(C2=NC(c3ccccc3)N=C(c3ccccc3)N2)Cc2ccccc2-c2cc3c(cc21)C1(c2ccccc2-c2ccccc21)c1ccccc1C31c2ccccc2-c2ccccc21.CC. The van der Waals surface area contributed by atoms with Crippen LogP contribution in [0.15, 0.2) is 234 Å². The van der Waals surface area contributed by atoms with Crippen LogP contribution in [0.3, 0.4) is 0 Å². The zero-order valence-electron chi connectivity index (χ0n) is 37.5. The zero-order valence-corrected chi connectivity index (χ0v) is 37.5. The van der Waals surface area contributed by atoms with Crippen molar-refractivity contribution >= 4 is 17.7 Å². The van der Waals surface area contributed by atoms with Gasteiger partial charge in [-0.3, -0.25) is 0 Å². The molecule has 0 fully saturated rings.